The number of unbranched alkanes of at least 4 members (excludes halogenated alkanes) is 3. The van der Waals surface area contributed by atoms with Gasteiger partial charge in [0.15, 0.2) is 0 Å². The lowest BCUT2D eigenvalue weighted by Gasteiger charge is -2.08. The second kappa shape index (κ2) is 13.6. The number of hydrogen-bond donors (Lipinski definition) is 0. The molecule has 0 aliphatic rings. The maximum atomic E-state index is 15.3. The Labute approximate surface area is 222 Å². The van der Waals surface area contributed by atoms with Crippen molar-refractivity contribution in [3.8, 4) is 11.8 Å². The van der Waals surface area contributed by atoms with E-state index in [9.17, 15) is 0 Å². The molecule has 0 heterocycles. The Morgan fingerprint density at radius 2 is 1.32 bits per heavy atom. The van der Waals surface area contributed by atoms with Crippen molar-refractivity contribution in [3.05, 3.63) is 131 Å². The first kappa shape index (κ1) is 26.4. The van der Waals surface area contributed by atoms with Crippen molar-refractivity contribution in [1.29, 1.82) is 0 Å². The van der Waals surface area contributed by atoms with Gasteiger partial charge in [-0.3, -0.25) is 0 Å². The van der Waals surface area contributed by atoms with E-state index in [1.54, 1.807) is 0 Å². The quantitative estimate of drug-likeness (QED) is 0.112. The standard InChI is InChI=1S/C36H37F/c1-3-5-7-8-10-29-13-17-31(18-14-29)21-23-33-24-25-34-27-32(22-26-35(34)36(33)37)20-19-30-15-11-28(12-16-30)9-6-4-2/h4,11-18,22,24-27H,2-3,5-10,21,23H2,1H3. The number of allylic oxidation sites excluding steroid dienone is 1. The van der Waals surface area contributed by atoms with Crippen LogP contribution in [0.2, 0.25) is 0 Å². The molecule has 4 rings (SSSR count). The highest BCUT2D eigenvalue weighted by Gasteiger charge is 2.08. The molecule has 0 bridgehead atoms. The summed E-state index contributed by atoms with van der Waals surface area (Å²) in [5.41, 5.74) is 6.59. The van der Waals surface area contributed by atoms with Gasteiger partial charge in [0, 0.05) is 16.5 Å². The lowest BCUT2D eigenvalue weighted by molar-refractivity contribution is 0.620. The van der Waals surface area contributed by atoms with Crippen molar-refractivity contribution in [3.63, 3.8) is 0 Å². The monoisotopic (exact) mass is 488 g/mol. The molecule has 0 saturated carbocycles. The molecule has 0 aliphatic heterocycles. The highest BCUT2D eigenvalue weighted by atomic mass is 19.1. The zero-order valence-corrected chi connectivity index (χ0v) is 22.0. The SMILES string of the molecule is C=CCCc1ccc(C#Cc2ccc3c(F)c(CCc4ccc(CCCCCC)cc4)ccc3c2)cc1. The Balaban J connectivity index is 1.38. The Hall–Kier alpha value is -3.63. The molecule has 188 valence electrons. The van der Waals surface area contributed by atoms with Gasteiger partial charge in [-0.15, -0.1) is 6.58 Å². The number of fused-ring (bicyclic) bond motifs is 1. The lowest BCUT2D eigenvalue weighted by atomic mass is 9.98. The van der Waals surface area contributed by atoms with Crippen molar-refractivity contribution < 1.29 is 4.39 Å². The normalized spacial score (nSPS) is 10.8. The van der Waals surface area contributed by atoms with Crippen LogP contribution >= 0.6 is 0 Å². The van der Waals surface area contributed by atoms with Gasteiger partial charge >= 0.3 is 0 Å². The van der Waals surface area contributed by atoms with Gasteiger partial charge in [0.1, 0.15) is 5.82 Å². The van der Waals surface area contributed by atoms with Crippen LogP contribution in [-0.2, 0) is 25.7 Å². The van der Waals surface area contributed by atoms with E-state index in [0.29, 0.717) is 11.8 Å². The molecule has 0 unspecified atom stereocenters. The molecule has 0 atom stereocenters. The fourth-order valence-electron chi connectivity index (χ4n) is 4.68. The Kier molecular flexibility index (Phi) is 9.73. The molecule has 0 N–H and O–H groups in total. The highest BCUT2D eigenvalue weighted by Crippen LogP contribution is 2.24. The zero-order chi connectivity index (χ0) is 25.9. The zero-order valence-electron chi connectivity index (χ0n) is 22.0. The van der Waals surface area contributed by atoms with Crippen LogP contribution < -0.4 is 0 Å². The van der Waals surface area contributed by atoms with Gasteiger partial charge in [-0.1, -0.05) is 98.7 Å². The third kappa shape index (κ3) is 7.68. The summed E-state index contributed by atoms with van der Waals surface area (Å²) in [7, 11) is 0. The molecule has 0 aliphatic carbocycles. The summed E-state index contributed by atoms with van der Waals surface area (Å²) < 4.78 is 15.3. The fourth-order valence-corrected chi connectivity index (χ4v) is 4.68. The first-order chi connectivity index (χ1) is 18.2. The minimum absolute atomic E-state index is 0.111. The van der Waals surface area contributed by atoms with E-state index in [1.807, 2.05) is 36.4 Å². The molecular weight excluding hydrogens is 451 g/mol. The van der Waals surface area contributed by atoms with Crippen LogP contribution in [0.15, 0.2) is 91.5 Å². The van der Waals surface area contributed by atoms with E-state index in [2.05, 4.69) is 73.9 Å². The minimum Gasteiger partial charge on any atom is -0.206 e. The lowest BCUT2D eigenvalue weighted by Crippen LogP contribution is -1.96. The minimum atomic E-state index is -0.111. The van der Waals surface area contributed by atoms with Crippen molar-refractivity contribution in [2.75, 3.05) is 0 Å². The van der Waals surface area contributed by atoms with Crippen LogP contribution in [-0.4, -0.2) is 0 Å². The molecule has 37 heavy (non-hydrogen) atoms. The number of rotatable bonds is 11. The molecule has 4 aromatic rings. The first-order valence-electron chi connectivity index (χ1n) is 13.7. The third-order valence-electron chi connectivity index (χ3n) is 7.00. The van der Waals surface area contributed by atoms with E-state index in [1.165, 1.54) is 42.4 Å². The number of benzene rings is 4. The number of aryl methyl sites for hydroxylation is 4. The fraction of sp³-hybridized carbons (Fsp3) is 0.278. The molecular formula is C36H37F. The molecule has 0 aromatic heterocycles. The average molecular weight is 489 g/mol. The summed E-state index contributed by atoms with van der Waals surface area (Å²) >= 11 is 0. The molecule has 0 amide bonds. The largest absolute Gasteiger partial charge is 0.206 e. The number of hydrogen-bond acceptors (Lipinski definition) is 0. The second-order valence-corrected chi connectivity index (χ2v) is 9.88. The first-order valence-corrected chi connectivity index (χ1v) is 13.7. The van der Waals surface area contributed by atoms with E-state index in [0.717, 1.165) is 47.8 Å². The van der Waals surface area contributed by atoms with Crippen LogP contribution in [0.3, 0.4) is 0 Å². The van der Waals surface area contributed by atoms with Crippen molar-refractivity contribution in [2.45, 2.75) is 64.7 Å². The van der Waals surface area contributed by atoms with Crippen molar-refractivity contribution in [2.24, 2.45) is 0 Å². The molecule has 0 spiro atoms. The van der Waals surface area contributed by atoms with Gasteiger partial charge in [0.05, 0.1) is 0 Å². The van der Waals surface area contributed by atoms with Crippen LogP contribution in [0.25, 0.3) is 10.8 Å². The van der Waals surface area contributed by atoms with Crippen LogP contribution in [0.4, 0.5) is 4.39 Å². The summed E-state index contributed by atoms with van der Waals surface area (Å²) in [4.78, 5) is 0. The van der Waals surface area contributed by atoms with E-state index in [4.69, 9.17) is 0 Å². The van der Waals surface area contributed by atoms with Gasteiger partial charge in [-0.2, -0.15) is 0 Å². The summed E-state index contributed by atoms with van der Waals surface area (Å²) in [5, 5.41) is 1.55. The van der Waals surface area contributed by atoms with Crippen LogP contribution in [0.5, 0.6) is 0 Å². The molecule has 4 aromatic carbocycles. The molecule has 1 heteroatoms. The van der Waals surface area contributed by atoms with E-state index < -0.39 is 0 Å². The smallest absolute Gasteiger partial charge is 0.134 e. The Morgan fingerprint density at radius 3 is 2.05 bits per heavy atom. The summed E-state index contributed by atoms with van der Waals surface area (Å²) in [6, 6.07) is 26.9. The van der Waals surface area contributed by atoms with Crippen LogP contribution in [0.1, 0.15) is 72.4 Å². The summed E-state index contributed by atoms with van der Waals surface area (Å²) in [6.07, 6.45) is 11.7. The molecule has 0 fully saturated rings. The topological polar surface area (TPSA) is 0 Å². The van der Waals surface area contributed by atoms with Gasteiger partial charge in [-0.05, 0) is 90.4 Å². The molecule has 0 nitrogen and oxygen atoms in total. The van der Waals surface area contributed by atoms with E-state index >= 15 is 4.39 Å². The molecule has 0 radical (unpaired) electrons. The molecule has 0 saturated heterocycles. The van der Waals surface area contributed by atoms with Crippen LogP contribution in [0, 0.1) is 17.7 Å². The summed E-state index contributed by atoms with van der Waals surface area (Å²) in [6.45, 7) is 6.02. The predicted octanol–water partition coefficient (Wildman–Crippen LogP) is 9.41. The maximum Gasteiger partial charge on any atom is 0.134 e. The Bertz CT molecular complexity index is 1360. The Morgan fingerprint density at radius 1 is 0.676 bits per heavy atom. The van der Waals surface area contributed by atoms with Gasteiger partial charge in [0.2, 0.25) is 0 Å². The van der Waals surface area contributed by atoms with Gasteiger partial charge in [-0.25, -0.2) is 4.39 Å². The number of halogens is 1. The van der Waals surface area contributed by atoms with Crippen molar-refractivity contribution in [1.82, 2.24) is 0 Å². The predicted molar refractivity (Wildman–Crippen MR) is 157 cm³/mol. The highest BCUT2D eigenvalue weighted by molar-refractivity contribution is 5.85. The second-order valence-electron chi connectivity index (χ2n) is 9.88. The summed E-state index contributed by atoms with van der Waals surface area (Å²) in [5.74, 6) is 6.35. The average Bonchev–Trinajstić information content (AvgIpc) is 2.94. The van der Waals surface area contributed by atoms with E-state index in [-0.39, 0.29) is 5.82 Å². The van der Waals surface area contributed by atoms with Crippen molar-refractivity contribution >= 4 is 10.8 Å². The van der Waals surface area contributed by atoms with Gasteiger partial charge in [0.25, 0.3) is 0 Å². The van der Waals surface area contributed by atoms with Gasteiger partial charge < -0.3 is 0 Å². The maximum absolute atomic E-state index is 15.3. The third-order valence-corrected chi connectivity index (χ3v) is 7.00.